The normalized spacial score (nSPS) is 19.4. The van der Waals surface area contributed by atoms with E-state index < -0.39 is 5.54 Å². The van der Waals surface area contributed by atoms with Gasteiger partial charge in [-0.3, -0.25) is 9.69 Å². The molecule has 3 amide bonds. The Labute approximate surface area is 154 Å². The first-order valence-corrected chi connectivity index (χ1v) is 9.42. The first kappa shape index (κ1) is 16.8. The summed E-state index contributed by atoms with van der Waals surface area (Å²) < 4.78 is 0. The number of nitrogens with zero attached hydrogens (tertiary/aromatic N) is 2. The minimum atomic E-state index is -0.653. The highest BCUT2D eigenvalue weighted by Gasteiger charge is 2.56. The second-order valence-electron chi connectivity index (χ2n) is 7.32. The molecule has 1 aliphatic heterocycles. The molecule has 2 aromatic carbocycles. The highest BCUT2D eigenvalue weighted by Crippen LogP contribution is 2.41. The first-order valence-electron chi connectivity index (χ1n) is 9.42. The molecule has 0 atom stereocenters. The summed E-state index contributed by atoms with van der Waals surface area (Å²) in [4.78, 5) is 29.9. The van der Waals surface area contributed by atoms with Gasteiger partial charge >= 0.3 is 6.03 Å². The van der Waals surface area contributed by atoms with Crippen LogP contribution in [0.5, 0.6) is 0 Å². The Morgan fingerprint density at radius 3 is 1.85 bits per heavy atom. The highest BCUT2D eigenvalue weighted by atomic mass is 16.2. The highest BCUT2D eigenvalue weighted by molar-refractivity contribution is 6.07. The minimum Gasteiger partial charge on any atom is -0.305 e. The fourth-order valence-corrected chi connectivity index (χ4v) is 4.29. The zero-order valence-electron chi connectivity index (χ0n) is 14.9. The first-order chi connectivity index (χ1) is 12.7. The second-order valence-corrected chi connectivity index (χ2v) is 7.32. The van der Waals surface area contributed by atoms with Gasteiger partial charge in [-0.25, -0.2) is 4.79 Å². The third-order valence-corrected chi connectivity index (χ3v) is 5.67. The van der Waals surface area contributed by atoms with Crippen molar-refractivity contribution in [2.24, 2.45) is 0 Å². The number of amides is 3. The Bertz CT molecular complexity index is 782. The van der Waals surface area contributed by atoms with Crippen molar-refractivity contribution in [3.8, 4) is 0 Å². The van der Waals surface area contributed by atoms with Crippen LogP contribution in [0.1, 0.15) is 43.2 Å². The number of hydrogen-bond acceptors (Lipinski definition) is 2. The van der Waals surface area contributed by atoms with E-state index in [2.05, 4.69) is 0 Å². The van der Waals surface area contributed by atoms with Gasteiger partial charge in [0.15, 0.2) is 0 Å². The van der Waals surface area contributed by atoms with E-state index in [-0.39, 0.29) is 11.9 Å². The molecule has 0 aromatic heterocycles. The molecule has 2 aliphatic rings. The Hall–Kier alpha value is -2.62. The van der Waals surface area contributed by atoms with Gasteiger partial charge in [0.1, 0.15) is 5.54 Å². The zero-order valence-corrected chi connectivity index (χ0v) is 14.9. The van der Waals surface area contributed by atoms with Crippen molar-refractivity contribution >= 4 is 11.9 Å². The van der Waals surface area contributed by atoms with Crippen molar-refractivity contribution in [2.75, 3.05) is 0 Å². The summed E-state index contributed by atoms with van der Waals surface area (Å²) in [6.07, 6.45) is 4.69. The molecule has 26 heavy (non-hydrogen) atoms. The quantitative estimate of drug-likeness (QED) is 0.771. The van der Waals surface area contributed by atoms with Gasteiger partial charge in [-0.2, -0.15) is 0 Å². The van der Waals surface area contributed by atoms with E-state index in [4.69, 9.17) is 0 Å². The summed E-state index contributed by atoms with van der Waals surface area (Å²) >= 11 is 0. The average molecular weight is 348 g/mol. The largest absolute Gasteiger partial charge is 0.328 e. The van der Waals surface area contributed by atoms with Gasteiger partial charge in [0.25, 0.3) is 5.91 Å². The van der Waals surface area contributed by atoms with Crippen LogP contribution in [0.15, 0.2) is 60.7 Å². The Balaban J connectivity index is 1.66. The van der Waals surface area contributed by atoms with Crippen LogP contribution in [0.2, 0.25) is 0 Å². The number of rotatable bonds is 4. The van der Waals surface area contributed by atoms with Crippen molar-refractivity contribution in [3.63, 3.8) is 0 Å². The lowest BCUT2D eigenvalue weighted by Crippen LogP contribution is -2.50. The molecule has 1 spiro atoms. The van der Waals surface area contributed by atoms with E-state index in [0.717, 1.165) is 43.2 Å². The van der Waals surface area contributed by atoms with Crippen molar-refractivity contribution in [1.82, 2.24) is 9.80 Å². The average Bonchev–Trinajstić information content (AvgIpc) is 2.87. The van der Waals surface area contributed by atoms with E-state index in [1.54, 1.807) is 0 Å². The van der Waals surface area contributed by atoms with E-state index in [0.29, 0.717) is 13.1 Å². The van der Waals surface area contributed by atoms with E-state index in [1.165, 1.54) is 4.90 Å². The zero-order chi connectivity index (χ0) is 18.0. The van der Waals surface area contributed by atoms with Crippen molar-refractivity contribution in [1.29, 1.82) is 0 Å². The smallest absolute Gasteiger partial charge is 0.305 e. The van der Waals surface area contributed by atoms with Crippen LogP contribution in [0.25, 0.3) is 0 Å². The predicted molar refractivity (Wildman–Crippen MR) is 100 cm³/mol. The molecule has 0 unspecified atom stereocenters. The maximum Gasteiger partial charge on any atom is 0.328 e. The lowest BCUT2D eigenvalue weighted by atomic mass is 9.80. The molecule has 4 nitrogen and oxygen atoms in total. The van der Waals surface area contributed by atoms with Crippen molar-refractivity contribution in [2.45, 2.75) is 50.7 Å². The monoisotopic (exact) mass is 348 g/mol. The van der Waals surface area contributed by atoms with Crippen LogP contribution >= 0.6 is 0 Å². The van der Waals surface area contributed by atoms with Gasteiger partial charge in [-0.1, -0.05) is 79.9 Å². The number of hydrogen-bond donors (Lipinski definition) is 0. The molecular weight excluding hydrogens is 324 g/mol. The van der Waals surface area contributed by atoms with Crippen LogP contribution in [0, 0.1) is 0 Å². The number of carbonyl (C=O) groups is 2. The summed E-state index contributed by atoms with van der Waals surface area (Å²) in [5.74, 6) is -0.0121. The van der Waals surface area contributed by atoms with E-state index >= 15 is 0 Å². The van der Waals surface area contributed by atoms with E-state index in [1.807, 2.05) is 65.6 Å². The molecule has 4 rings (SSSR count). The second kappa shape index (κ2) is 6.94. The number of benzene rings is 2. The Kier molecular flexibility index (Phi) is 4.49. The topological polar surface area (TPSA) is 40.6 Å². The summed E-state index contributed by atoms with van der Waals surface area (Å²) in [7, 11) is 0. The van der Waals surface area contributed by atoms with Crippen molar-refractivity contribution in [3.05, 3.63) is 71.8 Å². The van der Waals surface area contributed by atoms with Gasteiger partial charge in [0.05, 0.1) is 6.54 Å². The number of imide groups is 1. The lowest BCUT2D eigenvalue weighted by Gasteiger charge is -2.38. The molecule has 1 heterocycles. The molecule has 2 aromatic rings. The molecule has 1 aliphatic carbocycles. The van der Waals surface area contributed by atoms with Gasteiger partial charge in [0.2, 0.25) is 0 Å². The fraction of sp³-hybridized carbons (Fsp3) is 0.364. The molecule has 2 fully saturated rings. The fourth-order valence-electron chi connectivity index (χ4n) is 4.29. The van der Waals surface area contributed by atoms with Crippen LogP contribution in [-0.4, -0.2) is 27.3 Å². The third kappa shape index (κ3) is 2.90. The Morgan fingerprint density at radius 2 is 1.27 bits per heavy atom. The number of urea groups is 1. The molecule has 1 saturated heterocycles. The minimum absolute atomic E-state index is 0.0121. The van der Waals surface area contributed by atoms with Crippen LogP contribution in [0.3, 0.4) is 0 Å². The summed E-state index contributed by atoms with van der Waals surface area (Å²) in [5.41, 5.74) is 1.40. The van der Waals surface area contributed by atoms with Gasteiger partial charge < -0.3 is 4.90 Å². The molecule has 0 N–H and O–H groups in total. The van der Waals surface area contributed by atoms with E-state index in [9.17, 15) is 9.59 Å². The summed E-state index contributed by atoms with van der Waals surface area (Å²) in [6, 6.07) is 19.6. The SMILES string of the molecule is O=C1N(Cc2ccccc2)C(=O)C2(CCCCC2)N1Cc1ccccc1. The Morgan fingerprint density at radius 1 is 0.731 bits per heavy atom. The summed E-state index contributed by atoms with van der Waals surface area (Å²) in [6.45, 7) is 0.849. The van der Waals surface area contributed by atoms with Gasteiger partial charge in [0, 0.05) is 6.54 Å². The molecule has 0 bridgehead atoms. The molecule has 4 heteroatoms. The predicted octanol–water partition coefficient (Wildman–Crippen LogP) is 4.35. The maximum absolute atomic E-state index is 13.4. The third-order valence-electron chi connectivity index (χ3n) is 5.67. The van der Waals surface area contributed by atoms with Crippen LogP contribution in [-0.2, 0) is 17.9 Å². The summed E-state index contributed by atoms with van der Waals surface area (Å²) in [5, 5.41) is 0. The van der Waals surface area contributed by atoms with Crippen molar-refractivity contribution < 1.29 is 9.59 Å². The molecule has 134 valence electrons. The van der Waals surface area contributed by atoms with Crippen LogP contribution in [0.4, 0.5) is 4.79 Å². The van der Waals surface area contributed by atoms with Crippen LogP contribution < -0.4 is 0 Å². The lowest BCUT2D eigenvalue weighted by molar-refractivity contribution is -0.135. The molecule has 1 saturated carbocycles. The van der Waals surface area contributed by atoms with Gasteiger partial charge in [-0.05, 0) is 24.0 Å². The standard InChI is InChI=1S/C22H24N2O2/c25-20-22(14-8-3-9-15-22)24(17-19-12-6-2-7-13-19)21(26)23(20)16-18-10-4-1-5-11-18/h1-2,4-7,10-13H,3,8-9,14-17H2. The number of carbonyl (C=O) groups excluding carboxylic acids is 2. The molecule has 0 radical (unpaired) electrons. The molecular formula is C22H24N2O2. The maximum atomic E-state index is 13.4. The van der Waals surface area contributed by atoms with Gasteiger partial charge in [-0.15, -0.1) is 0 Å².